The van der Waals surface area contributed by atoms with E-state index in [-0.39, 0.29) is 29.3 Å². The van der Waals surface area contributed by atoms with Crippen molar-refractivity contribution in [3.63, 3.8) is 0 Å². The summed E-state index contributed by atoms with van der Waals surface area (Å²) in [4.78, 5) is 12.4. The first-order valence-electron chi connectivity index (χ1n) is 7.23. The second-order valence-corrected chi connectivity index (χ2v) is 6.86. The van der Waals surface area contributed by atoms with E-state index < -0.39 is 0 Å². The van der Waals surface area contributed by atoms with Crippen molar-refractivity contribution in [2.75, 3.05) is 11.9 Å². The molecule has 1 aromatic carbocycles. The Balaban J connectivity index is 2.16. The van der Waals surface area contributed by atoms with Gasteiger partial charge in [0.05, 0.1) is 0 Å². The first-order valence-corrected chi connectivity index (χ1v) is 7.23. The topological polar surface area (TPSA) is 49.3 Å². The minimum absolute atomic E-state index is 0.0262. The molecule has 0 aliphatic heterocycles. The van der Waals surface area contributed by atoms with Crippen molar-refractivity contribution in [2.24, 2.45) is 16.7 Å². The van der Waals surface area contributed by atoms with Crippen LogP contribution in [0.5, 0.6) is 0 Å². The van der Waals surface area contributed by atoms with Crippen LogP contribution in [-0.4, -0.2) is 17.6 Å². The van der Waals surface area contributed by atoms with Crippen molar-refractivity contribution < 1.29 is 9.90 Å². The van der Waals surface area contributed by atoms with E-state index in [9.17, 15) is 4.79 Å². The smallest absolute Gasteiger partial charge is 0.228 e. The molecule has 1 aromatic rings. The maximum absolute atomic E-state index is 12.4. The van der Waals surface area contributed by atoms with Crippen molar-refractivity contribution in [1.82, 2.24) is 0 Å². The van der Waals surface area contributed by atoms with E-state index in [1.54, 1.807) is 0 Å². The predicted octanol–water partition coefficient (Wildman–Crippen LogP) is 2.96. The minimum Gasteiger partial charge on any atom is -0.384 e. The minimum atomic E-state index is -0.166. The monoisotopic (exact) mass is 285 g/mol. The van der Waals surface area contributed by atoms with E-state index in [1.165, 1.54) is 0 Å². The van der Waals surface area contributed by atoms with Crippen LogP contribution in [-0.2, 0) is 4.79 Å². The SMILES string of the molecule is Cc1ccc(NC(=O)C2C(C)(C)C2(C)C)cc1C#CCO. The highest BCUT2D eigenvalue weighted by molar-refractivity contribution is 5.96. The molecule has 1 amide bonds. The summed E-state index contributed by atoms with van der Waals surface area (Å²) < 4.78 is 0. The van der Waals surface area contributed by atoms with Gasteiger partial charge in [-0.3, -0.25) is 4.79 Å². The lowest BCUT2D eigenvalue weighted by Gasteiger charge is -2.08. The summed E-state index contributed by atoms with van der Waals surface area (Å²) >= 11 is 0. The number of aryl methyl sites for hydroxylation is 1. The van der Waals surface area contributed by atoms with E-state index in [2.05, 4.69) is 44.9 Å². The molecule has 1 aliphatic rings. The number of aliphatic hydroxyl groups excluding tert-OH is 1. The molecule has 112 valence electrons. The summed E-state index contributed by atoms with van der Waals surface area (Å²) in [5, 5.41) is 11.8. The molecule has 0 saturated heterocycles. The Morgan fingerprint density at radius 1 is 1.29 bits per heavy atom. The fraction of sp³-hybridized carbons (Fsp3) is 0.500. The van der Waals surface area contributed by atoms with Crippen molar-refractivity contribution in [2.45, 2.75) is 34.6 Å². The van der Waals surface area contributed by atoms with Gasteiger partial charge >= 0.3 is 0 Å². The zero-order valence-electron chi connectivity index (χ0n) is 13.4. The summed E-state index contributed by atoms with van der Waals surface area (Å²) in [5.74, 6) is 5.63. The number of carbonyl (C=O) groups is 1. The van der Waals surface area contributed by atoms with Crippen LogP contribution in [0.2, 0.25) is 0 Å². The number of anilines is 1. The standard InChI is InChI=1S/C18H23NO2/c1-12-8-9-14(11-13(12)7-6-10-20)19-16(21)15-17(2,3)18(15,4)5/h8-9,11,15,20H,10H2,1-5H3,(H,19,21). The molecule has 0 aromatic heterocycles. The molecule has 2 N–H and O–H groups in total. The van der Waals surface area contributed by atoms with E-state index in [0.717, 1.165) is 16.8 Å². The lowest BCUT2D eigenvalue weighted by atomic mass is 10.0. The third-order valence-electron chi connectivity index (χ3n) is 5.09. The highest BCUT2D eigenvalue weighted by atomic mass is 16.2. The Labute approximate surface area is 126 Å². The van der Waals surface area contributed by atoms with Crippen LogP contribution in [0.3, 0.4) is 0 Å². The molecule has 21 heavy (non-hydrogen) atoms. The predicted molar refractivity (Wildman–Crippen MR) is 84.8 cm³/mol. The Bertz CT molecular complexity index is 618. The molecule has 1 fully saturated rings. The van der Waals surface area contributed by atoms with Crippen LogP contribution in [0, 0.1) is 35.5 Å². The van der Waals surface area contributed by atoms with Crippen LogP contribution in [0.15, 0.2) is 18.2 Å². The summed E-state index contributed by atoms with van der Waals surface area (Å²) in [6.07, 6.45) is 0. The van der Waals surface area contributed by atoms with Crippen LogP contribution < -0.4 is 5.32 Å². The van der Waals surface area contributed by atoms with Gasteiger partial charge in [0, 0.05) is 17.2 Å². The highest BCUT2D eigenvalue weighted by Gasteiger charge is 2.68. The van der Waals surface area contributed by atoms with Crippen LogP contribution >= 0.6 is 0 Å². The van der Waals surface area contributed by atoms with Gasteiger partial charge in [0.1, 0.15) is 6.61 Å². The second-order valence-electron chi connectivity index (χ2n) is 6.86. The van der Waals surface area contributed by atoms with Gasteiger partial charge in [-0.05, 0) is 35.4 Å². The van der Waals surface area contributed by atoms with Gasteiger partial charge in [-0.15, -0.1) is 0 Å². The van der Waals surface area contributed by atoms with E-state index in [1.807, 2.05) is 25.1 Å². The van der Waals surface area contributed by atoms with Crippen LogP contribution in [0.4, 0.5) is 5.69 Å². The van der Waals surface area contributed by atoms with Gasteiger partial charge in [-0.2, -0.15) is 0 Å². The van der Waals surface area contributed by atoms with Gasteiger partial charge in [-0.1, -0.05) is 45.6 Å². The van der Waals surface area contributed by atoms with Crippen molar-refractivity contribution in [3.05, 3.63) is 29.3 Å². The maximum Gasteiger partial charge on any atom is 0.228 e. The molecule has 2 rings (SSSR count). The Morgan fingerprint density at radius 3 is 2.43 bits per heavy atom. The number of hydrogen-bond acceptors (Lipinski definition) is 2. The number of nitrogens with one attached hydrogen (secondary N) is 1. The normalized spacial score (nSPS) is 18.6. The molecule has 0 bridgehead atoms. The molecule has 3 nitrogen and oxygen atoms in total. The number of amides is 1. The van der Waals surface area contributed by atoms with E-state index in [0.29, 0.717) is 0 Å². The van der Waals surface area contributed by atoms with Gasteiger partial charge in [-0.25, -0.2) is 0 Å². The average Bonchev–Trinajstić information content (AvgIpc) is 2.80. The summed E-state index contributed by atoms with van der Waals surface area (Å²) in [6.45, 7) is 10.3. The summed E-state index contributed by atoms with van der Waals surface area (Å²) in [6, 6.07) is 5.68. The molecule has 0 spiro atoms. The van der Waals surface area contributed by atoms with Crippen molar-refractivity contribution >= 4 is 11.6 Å². The molecule has 0 unspecified atom stereocenters. The van der Waals surface area contributed by atoms with E-state index >= 15 is 0 Å². The lowest BCUT2D eigenvalue weighted by Crippen LogP contribution is -2.17. The van der Waals surface area contributed by atoms with Crippen LogP contribution in [0.25, 0.3) is 0 Å². The summed E-state index contributed by atoms with van der Waals surface area (Å²) in [7, 11) is 0. The lowest BCUT2D eigenvalue weighted by molar-refractivity contribution is -0.118. The first-order chi connectivity index (χ1) is 9.71. The highest BCUT2D eigenvalue weighted by Crippen LogP contribution is 2.68. The third kappa shape index (κ3) is 2.69. The molecular weight excluding hydrogens is 262 g/mol. The zero-order valence-corrected chi connectivity index (χ0v) is 13.4. The molecule has 3 heteroatoms. The third-order valence-corrected chi connectivity index (χ3v) is 5.09. The number of aliphatic hydroxyl groups is 1. The van der Waals surface area contributed by atoms with Gasteiger partial charge in [0.2, 0.25) is 5.91 Å². The number of hydrogen-bond donors (Lipinski definition) is 2. The molecule has 0 heterocycles. The van der Waals surface area contributed by atoms with Gasteiger partial charge < -0.3 is 10.4 Å². The van der Waals surface area contributed by atoms with Gasteiger partial charge in [0.25, 0.3) is 0 Å². The number of carbonyl (C=O) groups excluding carboxylic acids is 1. The summed E-state index contributed by atoms with van der Waals surface area (Å²) in [5.41, 5.74) is 2.67. The fourth-order valence-electron chi connectivity index (χ4n) is 3.04. The maximum atomic E-state index is 12.4. The Hall–Kier alpha value is -1.79. The molecule has 1 saturated carbocycles. The second kappa shape index (κ2) is 5.20. The number of rotatable bonds is 2. The quantitative estimate of drug-likeness (QED) is 0.821. The molecule has 1 aliphatic carbocycles. The molecule has 0 atom stereocenters. The first kappa shape index (κ1) is 15.6. The van der Waals surface area contributed by atoms with Crippen molar-refractivity contribution in [3.8, 4) is 11.8 Å². The average molecular weight is 285 g/mol. The Kier molecular flexibility index (Phi) is 3.86. The zero-order chi connectivity index (χ0) is 15.8. The fourth-order valence-corrected chi connectivity index (χ4v) is 3.04. The van der Waals surface area contributed by atoms with Gasteiger partial charge in [0.15, 0.2) is 0 Å². The van der Waals surface area contributed by atoms with E-state index in [4.69, 9.17) is 5.11 Å². The molecule has 0 radical (unpaired) electrons. The van der Waals surface area contributed by atoms with Crippen molar-refractivity contribution in [1.29, 1.82) is 0 Å². The van der Waals surface area contributed by atoms with Crippen LogP contribution in [0.1, 0.15) is 38.8 Å². The largest absolute Gasteiger partial charge is 0.384 e. The Morgan fingerprint density at radius 2 is 1.90 bits per heavy atom. The number of benzene rings is 1. The molecular formula is C18H23NO2.